The maximum atomic E-state index is 12.2. The summed E-state index contributed by atoms with van der Waals surface area (Å²) >= 11 is 0. The first kappa shape index (κ1) is 14.8. The molecule has 2 aromatic carbocycles. The van der Waals surface area contributed by atoms with Crippen molar-refractivity contribution in [2.45, 2.75) is 25.6 Å². The summed E-state index contributed by atoms with van der Waals surface area (Å²) in [5.41, 5.74) is 3.83. The van der Waals surface area contributed by atoms with Crippen molar-refractivity contribution in [3.8, 4) is 0 Å². The first-order valence-corrected chi connectivity index (χ1v) is 7.45. The van der Waals surface area contributed by atoms with E-state index in [2.05, 4.69) is 11.4 Å². The first-order valence-electron chi connectivity index (χ1n) is 7.45. The third-order valence-corrected chi connectivity index (χ3v) is 3.86. The maximum Gasteiger partial charge on any atom is 0.227 e. The quantitative estimate of drug-likeness (QED) is 0.912. The molecule has 2 N–H and O–H groups in total. The largest absolute Gasteiger partial charge is 0.392 e. The van der Waals surface area contributed by atoms with Crippen LogP contribution in [0.15, 0.2) is 48.5 Å². The van der Waals surface area contributed by atoms with Crippen LogP contribution >= 0.6 is 0 Å². The molecule has 0 fully saturated rings. The molecule has 1 atom stereocenters. The Morgan fingerprint density at radius 1 is 1.23 bits per heavy atom. The van der Waals surface area contributed by atoms with E-state index in [1.807, 2.05) is 36.4 Å². The second-order valence-corrected chi connectivity index (χ2v) is 5.42. The number of rotatable bonds is 4. The second-order valence-electron chi connectivity index (χ2n) is 5.42. The number of fused-ring (bicyclic) bond motifs is 1. The van der Waals surface area contributed by atoms with Crippen LogP contribution in [0.3, 0.4) is 0 Å². The van der Waals surface area contributed by atoms with Gasteiger partial charge in [0.05, 0.1) is 25.7 Å². The Bertz CT molecular complexity index is 669. The number of hydrogen-bond acceptors (Lipinski definition) is 3. The van der Waals surface area contributed by atoms with Gasteiger partial charge in [0.15, 0.2) is 0 Å². The molecule has 0 aromatic heterocycles. The van der Waals surface area contributed by atoms with Crippen LogP contribution in [0.25, 0.3) is 0 Å². The van der Waals surface area contributed by atoms with E-state index < -0.39 is 0 Å². The molecule has 3 rings (SSSR count). The molecule has 1 unspecified atom stereocenters. The summed E-state index contributed by atoms with van der Waals surface area (Å²) in [4.78, 5) is 12.2. The molecule has 1 aliphatic heterocycles. The van der Waals surface area contributed by atoms with Crippen molar-refractivity contribution in [2.75, 3.05) is 11.9 Å². The predicted molar refractivity (Wildman–Crippen MR) is 84.5 cm³/mol. The molecule has 0 radical (unpaired) electrons. The van der Waals surface area contributed by atoms with Gasteiger partial charge in [-0.05, 0) is 35.2 Å². The monoisotopic (exact) mass is 297 g/mol. The highest BCUT2D eigenvalue weighted by Crippen LogP contribution is 2.29. The van der Waals surface area contributed by atoms with Crippen LogP contribution in [0.5, 0.6) is 0 Å². The molecule has 0 saturated heterocycles. The van der Waals surface area contributed by atoms with Crippen LogP contribution in [-0.4, -0.2) is 17.6 Å². The number of amides is 1. The van der Waals surface area contributed by atoms with Crippen LogP contribution in [-0.2, 0) is 22.6 Å². The zero-order chi connectivity index (χ0) is 15.4. The molecule has 114 valence electrons. The zero-order valence-electron chi connectivity index (χ0n) is 12.3. The first-order chi connectivity index (χ1) is 10.8. The van der Waals surface area contributed by atoms with E-state index in [-0.39, 0.29) is 18.6 Å². The summed E-state index contributed by atoms with van der Waals surface area (Å²) in [5, 5.41) is 12.0. The smallest absolute Gasteiger partial charge is 0.227 e. The number of carbonyl (C=O) groups excluding carboxylic acids is 1. The molecule has 0 saturated carbocycles. The van der Waals surface area contributed by atoms with E-state index >= 15 is 0 Å². The number of carbonyl (C=O) groups is 1. The molecule has 22 heavy (non-hydrogen) atoms. The van der Waals surface area contributed by atoms with Crippen LogP contribution in [0.2, 0.25) is 0 Å². The number of nitrogens with one attached hydrogen (secondary N) is 1. The second kappa shape index (κ2) is 6.73. The normalized spacial score (nSPS) is 16.9. The molecule has 0 bridgehead atoms. The lowest BCUT2D eigenvalue weighted by atomic mass is 9.95. The Morgan fingerprint density at radius 2 is 2.09 bits per heavy atom. The van der Waals surface area contributed by atoms with E-state index in [9.17, 15) is 4.79 Å². The molecule has 1 heterocycles. The summed E-state index contributed by atoms with van der Waals surface area (Å²) in [6.45, 7) is 0.609. The average molecular weight is 297 g/mol. The molecule has 4 nitrogen and oxygen atoms in total. The van der Waals surface area contributed by atoms with Gasteiger partial charge in [-0.2, -0.15) is 0 Å². The molecule has 1 aliphatic rings. The van der Waals surface area contributed by atoms with Gasteiger partial charge in [0.1, 0.15) is 0 Å². The fourth-order valence-corrected chi connectivity index (χ4v) is 2.77. The lowest BCUT2D eigenvalue weighted by Crippen LogP contribution is -2.22. The summed E-state index contributed by atoms with van der Waals surface area (Å²) < 4.78 is 5.76. The van der Waals surface area contributed by atoms with E-state index in [1.165, 1.54) is 5.56 Å². The molecule has 2 aromatic rings. The van der Waals surface area contributed by atoms with Gasteiger partial charge < -0.3 is 15.2 Å². The molecular formula is C18H19NO3. The average Bonchev–Trinajstić information content (AvgIpc) is 2.55. The highest BCUT2D eigenvalue weighted by molar-refractivity contribution is 5.91. The number of hydrogen-bond donors (Lipinski definition) is 2. The summed E-state index contributed by atoms with van der Waals surface area (Å²) in [5.74, 6) is -0.0863. The third-order valence-electron chi connectivity index (χ3n) is 3.86. The van der Waals surface area contributed by atoms with Gasteiger partial charge in [-0.15, -0.1) is 0 Å². The predicted octanol–water partition coefficient (Wildman–Crippen LogP) is 2.82. The Hall–Kier alpha value is -2.17. The van der Waals surface area contributed by atoms with Gasteiger partial charge in [-0.1, -0.05) is 36.4 Å². The molecule has 0 spiro atoms. The van der Waals surface area contributed by atoms with Crippen LogP contribution in [0.4, 0.5) is 5.69 Å². The van der Waals surface area contributed by atoms with E-state index in [0.29, 0.717) is 18.7 Å². The summed E-state index contributed by atoms with van der Waals surface area (Å²) in [7, 11) is 0. The van der Waals surface area contributed by atoms with Crippen LogP contribution in [0, 0.1) is 0 Å². The zero-order valence-corrected chi connectivity index (χ0v) is 12.3. The Kier molecular flexibility index (Phi) is 4.51. The molecule has 4 heteroatoms. The molecule has 0 aliphatic carbocycles. The molecule has 1 amide bonds. The van der Waals surface area contributed by atoms with Crippen molar-refractivity contribution in [3.63, 3.8) is 0 Å². The van der Waals surface area contributed by atoms with Crippen molar-refractivity contribution in [3.05, 3.63) is 65.2 Å². The number of aliphatic hydroxyl groups is 1. The highest BCUT2D eigenvalue weighted by atomic mass is 16.5. The summed E-state index contributed by atoms with van der Waals surface area (Å²) in [6, 6.07) is 15.3. The van der Waals surface area contributed by atoms with Crippen LogP contribution in [0.1, 0.15) is 29.2 Å². The number of benzene rings is 2. The van der Waals surface area contributed by atoms with Gasteiger partial charge in [0.25, 0.3) is 0 Å². The fraction of sp³-hybridized carbons (Fsp3) is 0.278. The number of aliphatic hydroxyl groups excluding tert-OH is 1. The minimum Gasteiger partial charge on any atom is -0.392 e. The van der Waals surface area contributed by atoms with Gasteiger partial charge in [0.2, 0.25) is 5.91 Å². The van der Waals surface area contributed by atoms with E-state index in [4.69, 9.17) is 9.84 Å². The SMILES string of the molecule is O=C(CC1OCCc2ccccc21)Nc1cccc(CO)c1. The maximum absolute atomic E-state index is 12.2. The molecular weight excluding hydrogens is 278 g/mol. The Labute approximate surface area is 129 Å². The Balaban J connectivity index is 1.67. The summed E-state index contributed by atoms with van der Waals surface area (Å²) in [6.07, 6.45) is 0.999. The van der Waals surface area contributed by atoms with E-state index in [1.54, 1.807) is 6.07 Å². The minimum atomic E-state index is -0.189. The van der Waals surface area contributed by atoms with Crippen molar-refractivity contribution in [1.82, 2.24) is 0 Å². The lowest BCUT2D eigenvalue weighted by molar-refractivity contribution is -0.119. The third kappa shape index (κ3) is 3.35. The Morgan fingerprint density at radius 3 is 2.95 bits per heavy atom. The van der Waals surface area contributed by atoms with Gasteiger partial charge in [0, 0.05) is 5.69 Å². The topological polar surface area (TPSA) is 58.6 Å². The minimum absolute atomic E-state index is 0.0389. The number of ether oxygens (including phenoxy) is 1. The highest BCUT2D eigenvalue weighted by Gasteiger charge is 2.23. The van der Waals surface area contributed by atoms with Crippen molar-refractivity contribution < 1.29 is 14.6 Å². The van der Waals surface area contributed by atoms with E-state index in [0.717, 1.165) is 17.5 Å². The van der Waals surface area contributed by atoms with Crippen molar-refractivity contribution in [1.29, 1.82) is 0 Å². The lowest BCUT2D eigenvalue weighted by Gasteiger charge is -2.25. The van der Waals surface area contributed by atoms with Gasteiger partial charge in [-0.25, -0.2) is 0 Å². The fourth-order valence-electron chi connectivity index (χ4n) is 2.77. The van der Waals surface area contributed by atoms with Crippen LogP contribution < -0.4 is 5.32 Å². The standard InChI is InChI=1S/C18H19NO3/c20-12-13-4-3-6-15(10-13)19-18(21)11-17-16-7-2-1-5-14(16)8-9-22-17/h1-7,10,17,20H,8-9,11-12H2,(H,19,21). The number of anilines is 1. The van der Waals surface area contributed by atoms with Gasteiger partial charge >= 0.3 is 0 Å². The van der Waals surface area contributed by atoms with Crippen molar-refractivity contribution in [2.24, 2.45) is 0 Å². The van der Waals surface area contributed by atoms with Gasteiger partial charge in [-0.3, -0.25) is 4.79 Å². The van der Waals surface area contributed by atoms with Crippen molar-refractivity contribution >= 4 is 11.6 Å².